The van der Waals surface area contributed by atoms with Crippen molar-refractivity contribution in [2.45, 2.75) is 27.7 Å². The lowest BCUT2D eigenvalue weighted by molar-refractivity contribution is 1.06. The van der Waals surface area contributed by atoms with Crippen LogP contribution in [-0.2, 0) is 0 Å². The minimum absolute atomic E-state index is 0.557. The molecule has 15 aromatic carbocycles. The van der Waals surface area contributed by atoms with E-state index in [1.54, 1.807) is 0 Å². The molecule has 0 aliphatic carbocycles. The molecule has 19 aromatic rings. The summed E-state index contributed by atoms with van der Waals surface area (Å²) in [5, 5.41) is 4.53. The molecule has 0 atom stereocenters. The fourth-order valence-corrected chi connectivity index (χ4v) is 15.5. The molecule has 0 aliphatic heterocycles. The van der Waals surface area contributed by atoms with Crippen molar-refractivity contribution in [2.75, 3.05) is 0 Å². The monoisotopic (exact) mass is 1380 g/mol. The Bertz CT molecular complexity index is 5990. The highest BCUT2D eigenvalue weighted by Crippen LogP contribution is 2.45. The predicted molar refractivity (Wildman–Crippen MR) is 446 cm³/mol. The Morgan fingerprint density at radius 1 is 0.167 bits per heavy atom. The molecule has 0 N–H and O–H groups in total. The number of aryl methyl sites for hydroxylation is 4. The molecule has 4 heterocycles. The van der Waals surface area contributed by atoms with Gasteiger partial charge in [-0.1, -0.05) is 295 Å². The van der Waals surface area contributed by atoms with E-state index in [9.17, 15) is 0 Å². The maximum atomic E-state index is 5.44. The summed E-state index contributed by atoms with van der Waals surface area (Å²) in [6, 6.07) is 126. The number of fused-ring (bicyclic) bond motifs is 6. The lowest BCUT2D eigenvalue weighted by Gasteiger charge is -2.18. The standard InChI is InChI=1S/C100H70N8/c1-63-22-17-34-71(52-63)77-42-48-89-85(57-77)86-58-78(72-35-18-23-64(2)53-72)43-49-90(86)107(89)93-61-81(40-46-83(93)99-103-95(67-26-9-5-10-27-67)101-96(104-99)68-28-11-6-12-29-68)75-38-21-39-76(56-75)82-41-47-84(100-105-97(69-30-13-7-14-31-69)102-98(106-100)70-32-15-8-16-33-70)94(62-82)108-91-50-44-79(73-36-19-24-65(3)54-73)59-87(91)88-60-80(45-51-92(88)108)74-37-20-25-66(4)55-74/h5-62H,1-4H3. The van der Waals surface area contributed by atoms with Gasteiger partial charge in [0.05, 0.1) is 33.4 Å². The van der Waals surface area contributed by atoms with Crippen molar-refractivity contribution in [1.82, 2.24) is 39.0 Å². The molecule has 0 saturated heterocycles. The highest BCUT2D eigenvalue weighted by Gasteiger charge is 2.25. The van der Waals surface area contributed by atoms with E-state index in [2.05, 4.69) is 316 Å². The van der Waals surface area contributed by atoms with Crippen LogP contribution in [-0.4, -0.2) is 39.0 Å². The van der Waals surface area contributed by atoms with Gasteiger partial charge in [-0.3, -0.25) is 0 Å². The van der Waals surface area contributed by atoms with Gasteiger partial charge in [0.15, 0.2) is 34.9 Å². The molecular weight excluding hydrogens is 1310 g/mol. The van der Waals surface area contributed by atoms with E-state index in [-0.39, 0.29) is 0 Å². The first-order valence-corrected chi connectivity index (χ1v) is 36.7. The van der Waals surface area contributed by atoms with Crippen LogP contribution in [0.15, 0.2) is 352 Å². The lowest BCUT2D eigenvalue weighted by Crippen LogP contribution is -2.04. The van der Waals surface area contributed by atoms with Gasteiger partial charge in [-0.25, -0.2) is 29.9 Å². The number of hydrogen-bond donors (Lipinski definition) is 0. The molecule has 0 unspecified atom stereocenters. The highest BCUT2D eigenvalue weighted by molar-refractivity contribution is 6.14. The molecule has 19 rings (SSSR count). The van der Waals surface area contributed by atoms with Crippen LogP contribution in [0, 0.1) is 27.7 Å². The predicted octanol–water partition coefficient (Wildman–Crippen LogP) is 25.5. The van der Waals surface area contributed by atoms with Crippen LogP contribution in [0.5, 0.6) is 0 Å². The smallest absolute Gasteiger partial charge is 0.166 e. The van der Waals surface area contributed by atoms with E-state index in [0.717, 1.165) is 133 Å². The van der Waals surface area contributed by atoms with Crippen molar-refractivity contribution >= 4 is 43.6 Å². The minimum Gasteiger partial charge on any atom is -0.308 e. The number of benzene rings is 15. The summed E-state index contributed by atoms with van der Waals surface area (Å²) in [6.45, 7) is 8.63. The average Bonchev–Trinajstić information content (AvgIpc) is 1.57. The summed E-state index contributed by atoms with van der Waals surface area (Å²) in [5.74, 6) is 3.46. The topological polar surface area (TPSA) is 87.2 Å². The summed E-state index contributed by atoms with van der Waals surface area (Å²) in [7, 11) is 0. The molecule has 0 radical (unpaired) electrons. The fraction of sp³-hybridized carbons (Fsp3) is 0.0400. The van der Waals surface area contributed by atoms with E-state index in [4.69, 9.17) is 29.9 Å². The Labute approximate surface area is 627 Å². The van der Waals surface area contributed by atoms with Crippen molar-refractivity contribution in [3.8, 4) is 146 Å². The zero-order valence-electron chi connectivity index (χ0n) is 60.1. The molecule has 8 heteroatoms. The van der Waals surface area contributed by atoms with Crippen molar-refractivity contribution in [1.29, 1.82) is 0 Å². The first kappa shape index (κ1) is 64.7. The molecule has 0 fully saturated rings. The van der Waals surface area contributed by atoms with Crippen LogP contribution < -0.4 is 0 Å². The third kappa shape index (κ3) is 12.2. The van der Waals surface area contributed by atoms with Crippen LogP contribution in [0.4, 0.5) is 0 Å². The Kier molecular flexibility index (Phi) is 16.3. The van der Waals surface area contributed by atoms with Crippen molar-refractivity contribution in [3.05, 3.63) is 374 Å². The van der Waals surface area contributed by atoms with E-state index in [1.165, 1.54) is 44.5 Å². The largest absolute Gasteiger partial charge is 0.308 e. The van der Waals surface area contributed by atoms with Gasteiger partial charge in [0.2, 0.25) is 0 Å². The van der Waals surface area contributed by atoms with E-state index in [1.807, 2.05) is 72.8 Å². The zero-order chi connectivity index (χ0) is 72.3. The molecular formula is C100H70N8. The third-order valence-corrected chi connectivity index (χ3v) is 20.8. The molecule has 108 heavy (non-hydrogen) atoms. The van der Waals surface area contributed by atoms with Crippen LogP contribution in [0.3, 0.4) is 0 Å². The molecule has 0 aliphatic rings. The molecule has 4 aromatic heterocycles. The van der Waals surface area contributed by atoms with Gasteiger partial charge in [-0.05, 0) is 173 Å². The van der Waals surface area contributed by atoms with Gasteiger partial charge in [-0.2, -0.15) is 0 Å². The lowest BCUT2D eigenvalue weighted by atomic mass is 9.96. The normalized spacial score (nSPS) is 11.5. The SMILES string of the molecule is Cc1cccc(-c2ccc3c(c2)c2cc(-c4cccc(C)c4)ccc2n3-c2cc(-c3cccc(-c4ccc(-c5nc(-c6ccccc6)nc(-c6ccccc6)n5)c(-n5c6ccc(-c7cccc(C)c7)cc6c6cc(-c7cccc(C)c7)ccc65)c4)c3)ccc2-c2nc(-c3ccccc3)nc(-c3ccccc3)n2)c1. The van der Waals surface area contributed by atoms with Gasteiger partial charge in [-0.15, -0.1) is 0 Å². The summed E-state index contributed by atoms with van der Waals surface area (Å²) >= 11 is 0. The number of nitrogens with zero attached hydrogens (tertiary/aromatic N) is 8. The summed E-state index contributed by atoms with van der Waals surface area (Å²) in [5.41, 5.74) is 29.5. The maximum Gasteiger partial charge on any atom is 0.166 e. The van der Waals surface area contributed by atoms with Crippen molar-refractivity contribution in [2.24, 2.45) is 0 Å². The number of hydrogen-bond acceptors (Lipinski definition) is 6. The molecule has 0 bridgehead atoms. The highest BCUT2D eigenvalue weighted by atomic mass is 15.1. The van der Waals surface area contributed by atoms with Gasteiger partial charge < -0.3 is 9.13 Å². The van der Waals surface area contributed by atoms with Crippen LogP contribution in [0.1, 0.15) is 22.3 Å². The first-order chi connectivity index (χ1) is 53.1. The summed E-state index contributed by atoms with van der Waals surface area (Å²) < 4.78 is 4.86. The Morgan fingerprint density at radius 2 is 0.380 bits per heavy atom. The Balaban J connectivity index is 0.840. The van der Waals surface area contributed by atoms with Gasteiger partial charge in [0.1, 0.15) is 0 Å². The molecule has 0 amide bonds. The van der Waals surface area contributed by atoms with E-state index >= 15 is 0 Å². The van der Waals surface area contributed by atoms with Crippen LogP contribution >= 0.6 is 0 Å². The van der Waals surface area contributed by atoms with E-state index < -0.39 is 0 Å². The summed E-state index contributed by atoms with van der Waals surface area (Å²) in [4.78, 5) is 32.1. The van der Waals surface area contributed by atoms with Crippen molar-refractivity contribution < 1.29 is 0 Å². The Hall–Kier alpha value is -14.1. The summed E-state index contributed by atoms with van der Waals surface area (Å²) in [6.07, 6.45) is 0. The molecule has 510 valence electrons. The molecule has 8 nitrogen and oxygen atoms in total. The zero-order valence-corrected chi connectivity index (χ0v) is 60.1. The second kappa shape index (κ2) is 27.2. The van der Waals surface area contributed by atoms with Crippen LogP contribution in [0.2, 0.25) is 0 Å². The maximum absolute atomic E-state index is 5.44. The average molecular weight is 1380 g/mol. The van der Waals surface area contributed by atoms with Gasteiger partial charge in [0, 0.05) is 54.9 Å². The third-order valence-electron chi connectivity index (χ3n) is 20.8. The molecule has 0 spiro atoms. The number of aromatic nitrogens is 8. The van der Waals surface area contributed by atoms with Gasteiger partial charge >= 0.3 is 0 Å². The quantitative estimate of drug-likeness (QED) is 0.108. The minimum atomic E-state index is 0.557. The van der Waals surface area contributed by atoms with Crippen LogP contribution in [0.25, 0.3) is 190 Å². The van der Waals surface area contributed by atoms with E-state index in [0.29, 0.717) is 34.9 Å². The number of rotatable bonds is 14. The second-order valence-electron chi connectivity index (χ2n) is 28.2. The Morgan fingerprint density at radius 3 is 0.648 bits per heavy atom. The van der Waals surface area contributed by atoms with Crippen molar-refractivity contribution in [3.63, 3.8) is 0 Å². The van der Waals surface area contributed by atoms with Gasteiger partial charge in [0.25, 0.3) is 0 Å². The second-order valence-corrected chi connectivity index (χ2v) is 28.2. The first-order valence-electron chi connectivity index (χ1n) is 36.7. The fourth-order valence-electron chi connectivity index (χ4n) is 15.5. The molecule has 0 saturated carbocycles.